The Labute approximate surface area is 118 Å². The third kappa shape index (κ3) is 4.85. The highest BCUT2D eigenvalue weighted by atomic mass is 16.5. The minimum Gasteiger partial charge on any atom is -0.383 e. The number of hydrogen-bond acceptors (Lipinski definition) is 5. The second-order valence-corrected chi connectivity index (χ2v) is 4.16. The van der Waals surface area contributed by atoms with Gasteiger partial charge in [0.1, 0.15) is 11.9 Å². The molecule has 0 radical (unpaired) electrons. The van der Waals surface area contributed by atoms with Gasteiger partial charge in [0, 0.05) is 32.5 Å². The highest BCUT2D eigenvalue weighted by Crippen LogP contribution is 2.05. The normalized spacial score (nSPS) is 11.6. The van der Waals surface area contributed by atoms with E-state index in [-0.39, 0.29) is 11.8 Å². The van der Waals surface area contributed by atoms with Crippen molar-refractivity contribution in [3.8, 4) is 0 Å². The van der Waals surface area contributed by atoms with E-state index in [1.165, 1.54) is 6.20 Å². The number of nitrogens with zero attached hydrogens (tertiary/aromatic N) is 1. The van der Waals surface area contributed by atoms with Crippen molar-refractivity contribution in [3.05, 3.63) is 23.9 Å². The summed E-state index contributed by atoms with van der Waals surface area (Å²) in [7, 11) is 3.27. The first-order chi connectivity index (χ1) is 9.58. The third-order valence-corrected chi connectivity index (χ3v) is 2.62. The minimum absolute atomic E-state index is 0.252. The van der Waals surface area contributed by atoms with Crippen LogP contribution in [0, 0.1) is 0 Å². The molecule has 7 nitrogen and oxygen atoms in total. The number of carbonyl (C=O) groups is 2. The van der Waals surface area contributed by atoms with Crippen molar-refractivity contribution in [2.75, 3.05) is 32.6 Å². The zero-order chi connectivity index (χ0) is 15.0. The topological polar surface area (TPSA) is 92.4 Å². The highest BCUT2D eigenvalue weighted by Gasteiger charge is 2.16. The first-order valence-corrected chi connectivity index (χ1v) is 6.29. The van der Waals surface area contributed by atoms with Crippen LogP contribution >= 0.6 is 0 Å². The fourth-order valence-corrected chi connectivity index (χ4v) is 1.48. The van der Waals surface area contributed by atoms with Crippen molar-refractivity contribution < 1.29 is 14.3 Å². The molecule has 0 aliphatic heterocycles. The van der Waals surface area contributed by atoms with Gasteiger partial charge < -0.3 is 20.7 Å². The van der Waals surface area contributed by atoms with Gasteiger partial charge in [0.15, 0.2) is 0 Å². The van der Waals surface area contributed by atoms with Crippen LogP contribution in [0.1, 0.15) is 17.3 Å². The molecule has 0 spiro atoms. The van der Waals surface area contributed by atoms with E-state index in [9.17, 15) is 9.59 Å². The quantitative estimate of drug-likeness (QED) is 0.612. The van der Waals surface area contributed by atoms with E-state index in [1.54, 1.807) is 33.2 Å². The lowest BCUT2D eigenvalue weighted by Gasteiger charge is -2.14. The molecule has 1 unspecified atom stereocenters. The van der Waals surface area contributed by atoms with Gasteiger partial charge in [-0.25, -0.2) is 4.98 Å². The van der Waals surface area contributed by atoms with Gasteiger partial charge in [0.05, 0.1) is 6.61 Å². The Hall–Kier alpha value is -2.15. The Morgan fingerprint density at radius 3 is 2.85 bits per heavy atom. The van der Waals surface area contributed by atoms with E-state index in [1.807, 2.05) is 0 Å². The molecular weight excluding hydrogens is 260 g/mol. The van der Waals surface area contributed by atoms with E-state index < -0.39 is 6.04 Å². The second-order valence-electron chi connectivity index (χ2n) is 4.16. The molecule has 1 aromatic rings. The van der Waals surface area contributed by atoms with Gasteiger partial charge in [0.25, 0.3) is 5.91 Å². The monoisotopic (exact) mass is 280 g/mol. The largest absolute Gasteiger partial charge is 0.383 e. The Morgan fingerprint density at radius 1 is 1.45 bits per heavy atom. The van der Waals surface area contributed by atoms with Crippen LogP contribution in [0.4, 0.5) is 5.82 Å². The number of rotatable bonds is 7. The highest BCUT2D eigenvalue weighted by molar-refractivity contribution is 5.97. The summed E-state index contributed by atoms with van der Waals surface area (Å²) in [4.78, 5) is 27.7. The molecule has 0 saturated heterocycles. The summed E-state index contributed by atoms with van der Waals surface area (Å²) in [5.74, 6) is 0.0198. The molecule has 0 aromatic carbocycles. The van der Waals surface area contributed by atoms with Crippen LogP contribution in [0.3, 0.4) is 0 Å². The SMILES string of the molecule is CNc1cc(C(=O)NC(C)C(=O)NCCOC)ccn1. The van der Waals surface area contributed by atoms with Gasteiger partial charge >= 0.3 is 0 Å². The molecule has 0 bridgehead atoms. The first-order valence-electron chi connectivity index (χ1n) is 6.29. The van der Waals surface area contributed by atoms with Crippen LogP contribution in [0.5, 0.6) is 0 Å². The number of pyridine rings is 1. The third-order valence-electron chi connectivity index (χ3n) is 2.62. The summed E-state index contributed by atoms with van der Waals surface area (Å²) >= 11 is 0. The lowest BCUT2D eigenvalue weighted by atomic mass is 10.2. The fourth-order valence-electron chi connectivity index (χ4n) is 1.48. The molecule has 7 heteroatoms. The predicted molar refractivity (Wildman–Crippen MR) is 75.6 cm³/mol. The maximum atomic E-state index is 12.0. The number of methoxy groups -OCH3 is 1. The molecule has 3 N–H and O–H groups in total. The number of nitrogens with one attached hydrogen (secondary N) is 3. The van der Waals surface area contributed by atoms with Crippen molar-refractivity contribution in [2.45, 2.75) is 13.0 Å². The van der Waals surface area contributed by atoms with Gasteiger partial charge in [-0.3, -0.25) is 9.59 Å². The summed E-state index contributed by atoms with van der Waals surface area (Å²) in [6, 6.07) is 2.59. The zero-order valence-corrected chi connectivity index (χ0v) is 11.9. The molecule has 1 rings (SSSR count). The molecule has 0 aliphatic rings. The molecule has 0 aliphatic carbocycles. The van der Waals surface area contributed by atoms with Crippen LogP contribution in [0.15, 0.2) is 18.3 Å². The first kappa shape index (κ1) is 15.9. The number of amides is 2. The number of aromatic nitrogens is 1. The van der Waals surface area contributed by atoms with Crippen molar-refractivity contribution >= 4 is 17.6 Å². The van der Waals surface area contributed by atoms with E-state index in [4.69, 9.17) is 4.74 Å². The Morgan fingerprint density at radius 2 is 2.20 bits per heavy atom. The van der Waals surface area contributed by atoms with Gasteiger partial charge in [0.2, 0.25) is 5.91 Å². The van der Waals surface area contributed by atoms with Gasteiger partial charge in [-0.05, 0) is 19.1 Å². The zero-order valence-electron chi connectivity index (χ0n) is 11.9. The summed E-state index contributed by atoms with van der Waals surface area (Å²) in [6.45, 7) is 2.47. The van der Waals surface area contributed by atoms with E-state index in [0.29, 0.717) is 24.5 Å². The molecule has 0 fully saturated rings. The van der Waals surface area contributed by atoms with Crippen LogP contribution in [0.25, 0.3) is 0 Å². The lowest BCUT2D eigenvalue weighted by Crippen LogP contribution is -2.45. The van der Waals surface area contributed by atoms with Crippen LogP contribution < -0.4 is 16.0 Å². The van der Waals surface area contributed by atoms with Crippen molar-refractivity contribution in [2.24, 2.45) is 0 Å². The Balaban J connectivity index is 2.54. The van der Waals surface area contributed by atoms with Crippen molar-refractivity contribution in [1.82, 2.24) is 15.6 Å². The molecule has 1 atom stereocenters. The van der Waals surface area contributed by atoms with Crippen LogP contribution in [-0.2, 0) is 9.53 Å². The molecule has 110 valence electrons. The van der Waals surface area contributed by atoms with E-state index >= 15 is 0 Å². The summed E-state index contributed by atoms with van der Waals surface area (Å²) < 4.78 is 4.83. The lowest BCUT2D eigenvalue weighted by molar-refractivity contribution is -0.122. The number of ether oxygens (including phenoxy) is 1. The molecule has 20 heavy (non-hydrogen) atoms. The maximum absolute atomic E-state index is 12.0. The molecule has 0 saturated carbocycles. The Bertz CT molecular complexity index is 465. The fraction of sp³-hybridized carbons (Fsp3) is 0.462. The number of anilines is 1. The Kier molecular flexibility index (Phi) is 6.45. The number of hydrogen-bond donors (Lipinski definition) is 3. The average Bonchev–Trinajstić information content (AvgIpc) is 2.47. The minimum atomic E-state index is -0.620. The van der Waals surface area contributed by atoms with Crippen molar-refractivity contribution in [3.63, 3.8) is 0 Å². The van der Waals surface area contributed by atoms with Crippen molar-refractivity contribution in [1.29, 1.82) is 0 Å². The standard InChI is InChI=1S/C13H20N4O3/c1-9(12(18)16-6-7-20-3)17-13(19)10-4-5-15-11(8-10)14-2/h4-5,8-9H,6-7H2,1-3H3,(H,14,15)(H,16,18)(H,17,19). The van der Waals surface area contributed by atoms with Gasteiger partial charge in [-0.1, -0.05) is 0 Å². The predicted octanol–water partition coefficient (Wildman–Crippen LogP) is 0.00420. The van der Waals surface area contributed by atoms with Crippen LogP contribution in [-0.4, -0.2) is 50.1 Å². The van der Waals surface area contributed by atoms with E-state index in [2.05, 4.69) is 20.9 Å². The molecule has 1 aromatic heterocycles. The number of carbonyl (C=O) groups excluding carboxylic acids is 2. The maximum Gasteiger partial charge on any atom is 0.252 e. The second kappa shape index (κ2) is 8.11. The average molecular weight is 280 g/mol. The van der Waals surface area contributed by atoms with E-state index in [0.717, 1.165) is 0 Å². The summed E-state index contributed by atoms with van der Waals surface area (Å²) in [5.41, 5.74) is 0.445. The van der Waals surface area contributed by atoms with Gasteiger partial charge in [-0.2, -0.15) is 0 Å². The summed E-state index contributed by atoms with van der Waals surface area (Å²) in [5, 5.41) is 8.13. The molecule has 1 heterocycles. The molecule has 2 amide bonds. The van der Waals surface area contributed by atoms with Crippen LogP contribution in [0.2, 0.25) is 0 Å². The molecular formula is C13H20N4O3. The summed E-state index contributed by atoms with van der Waals surface area (Å²) in [6.07, 6.45) is 1.53. The smallest absolute Gasteiger partial charge is 0.252 e. The van der Waals surface area contributed by atoms with Gasteiger partial charge in [-0.15, -0.1) is 0 Å².